The predicted molar refractivity (Wildman–Crippen MR) is 96.7 cm³/mol. The van der Waals surface area contributed by atoms with Crippen LogP contribution in [0.1, 0.15) is 36.7 Å². The summed E-state index contributed by atoms with van der Waals surface area (Å²) in [5.41, 5.74) is 2.45. The highest BCUT2D eigenvalue weighted by Gasteiger charge is 2.35. The SMILES string of the molecule is CC1C[C@H](c2c(Br)cccc2OC(F)F)n2c1nc1ccc(Cl)cc12. The molecule has 1 unspecified atom stereocenters. The maximum absolute atomic E-state index is 12.9. The zero-order valence-corrected chi connectivity index (χ0v) is 15.6. The minimum absolute atomic E-state index is 0.155. The van der Waals surface area contributed by atoms with E-state index in [0.717, 1.165) is 27.8 Å². The first-order valence-corrected chi connectivity index (χ1v) is 9.03. The Balaban J connectivity index is 1.93. The first-order valence-electron chi connectivity index (χ1n) is 7.86. The number of ether oxygens (including phenoxy) is 1. The van der Waals surface area contributed by atoms with Crippen LogP contribution in [0.15, 0.2) is 40.9 Å². The number of halogens is 4. The lowest BCUT2D eigenvalue weighted by Crippen LogP contribution is -2.11. The second-order valence-electron chi connectivity index (χ2n) is 6.16. The Morgan fingerprint density at radius 2 is 2.12 bits per heavy atom. The van der Waals surface area contributed by atoms with E-state index in [9.17, 15) is 8.78 Å². The molecule has 1 aliphatic rings. The third-order valence-corrected chi connectivity index (χ3v) is 5.50. The van der Waals surface area contributed by atoms with Crippen LogP contribution in [0.3, 0.4) is 0 Å². The van der Waals surface area contributed by atoms with Gasteiger partial charge in [0, 0.05) is 21.0 Å². The summed E-state index contributed by atoms with van der Waals surface area (Å²) in [4.78, 5) is 4.71. The number of hydrogen-bond acceptors (Lipinski definition) is 2. The molecule has 25 heavy (non-hydrogen) atoms. The summed E-state index contributed by atoms with van der Waals surface area (Å²) < 4.78 is 33.3. The van der Waals surface area contributed by atoms with Gasteiger partial charge in [0.25, 0.3) is 0 Å². The molecule has 3 nitrogen and oxygen atoms in total. The molecule has 3 aromatic rings. The van der Waals surface area contributed by atoms with Gasteiger partial charge in [0.2, 0.25) is 0 Å². The van der Waals surface area contributed by atoms with Crippen molar-refractivity contribution in [3.63, 3.8) is 0 Å². The minimum atomic E-state index is -2.87. The highest BCUT2D eigenvalue weighted by Crippen LogP contribution is 2.47. The van der Waals surface area contributed by atoms with Gasteiger partial charge in [0.15, 0.2) is 0 Å². The van der Waals surface area contributed by atoms with Crippen LogP contribution in [0.25, 0.3) is 11.0 Å². The molecular weight excluding hydrogens is 414 g/mol. The van der Waals surface area contributed by atoms with Crippen molar-refractivity contribution in [2.75, 3.05) is 0 Å². The van der Waals surface area contributed by atoms with Gasteiger partial charge < -0.3 is 9.30 Å². The molecule has 2 aromatic carbocycles. The van der Waals surface area contributed by atoms with E-state index in [1.54, 1.807) is 18.2 Å². The summed E-state index contributed by atoms with van der Waals surface area (Å²) in [7, 11) is 0. The molecule has 7 heteroatoms. The van der Waals surface area contributed by atoms with E-state index in [-0.39, 0.29) is 17.7 Å². The molecule has 0 saturated heterocycles. The Bertz CT molecular complexity index is 960. The van der Waals surface area contributed by atoms with Crippen LogP contribution in [-0.2, 0) is 0 Å². The van der Waals surface area contributed by atoms with E-state index in [0.29, 0.717) is 10.6 Å². The fraction of sp³-hybridized carbons (Fsp3) is 0.278. The molecule has 0 saturated carbocycles. The Labute approximate surface area is 156 Å². The van der Waals surface area contributed by atoms with Gasteiger partial charge in [-0.3, -0.25) is 0 Å². The lowest BCUT2D eigenvalue weighted by atomic mass is 9.99. The number of alkyl halides is 2. The van der Waals surface area contributed by atoms with Gasteiger partial charge in [-0.05, 0) is 36.8 Å². The van der Waals surface area contributed by atoms with Crippen molar-refractivity contribution in [2.45, 2.75) is 31.9 Å². The third kappa shape index (κ3) is 2.81. The van der Waals surface area contributed by atoms with Gasteiger partial charge in [-0.1, -0.05) is 40.5 Å². The van der Waals surface area contributed by atoms with Gasteiger partial charge in [-0.2, -0.15) is 8.78 Å². The Morgan fingerprint density at radius 1 is 1.32 bits per heavy atom. The van der Waals surface area contributed by atoms with Crippen LogP contribution in [0.2, 0.25) is 5.02 Å². The van der Waals surface area contributed by atoms with Gasteiger partial charge in [0.1, 0.15) is 11.6 Å². The van der Waals surface area contributed by atoms with Gasteiger partial charge in [-0.25, -0.2) is 4.98 Å². The molecule has 2 atom stereocenters. The monoisotopic (exact) mass is 426 g/mol. The molecule has 4 rings (SSSR count). The molecule has 0 amide bonds. The van der Waals surface area contributed by atoms with Crippen LogP contribution >= 0.6 is 27.5 Å². The van der Waals surface area contributed by atoms with E-state index in [2.05, 4.69) is 27.4 Å². The summed E-state index contributed by atoms with van der Waals surface area (Å²) >= 11 is 9.67. The molecule has 1 aromatic heterocycles. The fourth-order valence-electron chi connectivity index (χ4n) is 3.59. The molecule has 0 aliphatic carbocycles. The number of benzene rings is 2. The lowest BCUT2D eigenvalue weighted by Gasteiger charge is -2.20. The van der Waals surface area contributed by atoms with Crippen molar-refractivity contribution < 1.29 is 13.5 Å². The van der Waals surface area contributed by atoms with Crippen molar-refractivity contribution in [1.29, 1.82) is 0 Å². The number of aromatic nitrogens is 2. The molecule has 0 radical (unpaired) electrons. The second-order valence-corrected chi connectivity index (χ2v) is 7.45. The predicted octanol–water partition coefficient (Wildman–Crippen LogP) is 6.15. The van der Waals surface area contributed by atoms with Crippen LogP contribution in [0, 0.1) is 0 Å². The van der Waals surface area contributed by atoms with Crippen LogP contribution in [0.5, 0.6) is 5.75 Å². The summed E-state index contributed by atoms with van der Waals surface area (Å²) in [5, 5.41) is 0.615. The molecule has 1 aliphatic heterocycles. The van der Waals surface area contributed by atoms with Gasteiger partial charge in [0.05, 0.1) is 17.1 Å². The van der Waals surface area contributed by atoms with Crippen molar-refractivity contribution in [3.8, 4) is 5.75 Å². The van der Waals surface area contributed by atoms with E-state index < -0.39 is 6.61 Å². The second kappa shape index (κ2) is 6.25. The number of fused-ring (bicyclic) bond motifs is 3. The maximum atomic E-state index is 12.9. The average Bonchev–Trinajstić information content (AvgIpc) is 3.05. The largest absolute Gasteiger partial charge is 0.434 e. The Morgan fingerprint density at radius 3 is 2.88 bits per heavy atom. The molecule has 0 spiro atoms. The van der Waals surface area contributed by atoms with E-state index >= 15 is 0 Å². The number of rotatable bonds is 3. The van der Waals surface area contributed by atoms with Crippen molar-refractivity contribution in [2.24, 2.45) is 0 Å². The standard InChI is InChI=1S/C18H14BrClF2N2O/c1-9-7-14(16-11(19)3-2-4-15(16)25-18(21)22)24-13-8-10(20)5-6-12(13)23-17(9)24/h2-6,8-9,14,18H,7H2,1H3/t9?,14-/m1/s1. The van der Waals surface area contributed by atoms with Crippen LogP contribution in [-0.4, -0.2) is 16.2 Å². The fourth-order valence-corrected chi connectivity index (χ4v) is 4.37. The Kier molecular flexibility index (Phi) is 4.20. The van der Waals surface area contributed by atoms with E-state index in [1.807, 2.05) is 18.2 Å². The highest BCUT2D eigenvalue weighted by molar-refractivity contribution is 9.10. The number of hydrogen-bond donors (Lipinski definition) is 0. The molecule has 0 N–H and O–H groups in total. The normalized spacial score (nSPS) is 19.6. The Hall–Kier alpha value is -1.66. The lowest BCUT2D eigenvalue weighted by molar-refractivity contribution is -0.0507. The first kappa shape index (κ1) is 16.8. The zero-order chi connectivity index (χ0) is 17.7. The number of imidazole rings is 1. The average molecular weight is 428 g/mol. The third-order valence-electron chi connectivity index (χ3n) is 4.57. The smallest absolute Gasteiger partial charge is 0.387 e. The summed E-state index contributed by atoms with van der Waals surface area (Å²) in [6.07, 6.45) is 0.757. The molecular formula is C18H14BrClF2N2O. The van der Waals surface area contributed by atoms with E-state index in [1.165, 1.54) is 0 Å². The maximum Gasteiger partial charge on any atom is 0.387 e. The topological polar surface area (TPSA) is 27.1 Å². The molecule has 2 heterocycles. The van der Waals surface area contributed by atoms with Gasteiger partial charge in [-0.15, -0.1) is 0 Å². The summed E-state index contributed by atoms with van der Waals surface area (Å²) in [6, 6.07) is 10.5. The highest BCUT2D eigenvalue weighted by atomic mass is 79.9. The summed E-state index contributed by atoms with van der Waals surface area (Å²) in [6.45, 7) is -0.788. The zero-order valence-electron chi connectivity index (χ0n) is 13.2. The minimum Gasteiger partial charge on any atom is -0.434 e. The van der Waals surface area contributed by atoms with E-state index in [4.69, 9.17) is 21.3 Å². The molecule has 130 valence electrons. The van der Waals surface area contributed by atoms with Crippen molar-refractivity contribution in [3.05, 3.63) is 57.3 Å². The first-order chi connectivity index (χ1) is 12.0. The van der Waals surface area contributed by atoms with Crippen LogP contribution < -0.4 is 4.74 Å². The quantitative estimate of drug-likeness (QED) is 0.501. The number of nitrogens with zero attached hydrogens (tertiary/aromatic N) is 2. The van der Waals surface area contributed by atoms with Crippen molar-refractivity contribution in [1.82, 2.24) is 9.55 Å². The van der Waals surface area contributed by atoms with Crippen molar-refractivity contribution >= 4 is 38.6 Å². The van der Waals surface area contributed by atoms with Crippen LogP contribution in [0.4, 0.5) is 8.78 Å². The molecule has 0 fully saturated rings. The molecule has 0 bridgehead atoms. The summed E-state index contributed by atoms with van der Waals surface area (Å²) in [5.74, 6) is 1.31. The van der Waals surface area contributed by atoms with Gasteiger partial charge >= 0.3 is 6.61 Å².